The topological polar surface area (TPSA) is 64.4 Å². The quantitative estimate of drug-likeness (QED) is 0.819. The van der Waals surface area contributed by atoms with Gasteiger partial charge in [-0.15, -0.1) is 0 Å². The van der Waals surface area contributed by atoms with Crippen molar-refractivity contribution in [2.45, 2.75) is 45.4 Å². The van der Waals surface area contributed by atoms with Crippen LogP contribution in [0.5, 0.6) is 5.75 Å². The third kappa shape index (κ3) is 3.73. The molecule has 0 aliphatic heterocycles. The van der Waals surface area contributed by atoms with Crippen LogP contribution < -0.4 is 10.1 Å². The van der Waals surface area contributed by atoms with E-state index in [-0.39, 0.29) is 5.91 Å². The molecule has 0 bridgehead atoms. The van der Waals surface area contributed by atoms with Crippen molar-refractivity contribution in [1.82, 2.24) is 5.16 Å². The largest absolute Gasteiger partial charge is 0.494 e. The Balaban J connectivity index is 1.68. The number of nitrogens with zero attached hydrogens (tertiary/aromatic N) is 1. The Bertz CT molecular complexity index is 679. The average molecular weight is 314 g/mol. The zero-order valence-corrected chi connectivity index (χ0v) is 13.4. The van der Waals surface area contributed by atoms with Gasteiger partial charge in [-0.25, -0.2) is 0 Å². The molecule has 5 heteroatoms. The molecule has 0 spiro atoms. The van der Waals surface area contributed by atoms with Crippen molar-refractivity contribution in [3.8, 4) is 5.75 Å². The van der Waals surface area contributed by atoms with Gasteiger partial charge in [0, 0.05) is 11.1 Å². The van der Waals surface area contributed by atoms with Gasteiger partial charge in [-0.1, -0.05) is 24.6 Å². The van der Waals surface area contributed by atoms with Crippen LogP contribution >= 0.6 is 0 Å². The number of nitrogens with one attached hydrogen (secondary N) is 1. The Morgan fingerprint density at radius 3 is 3.09 bits per heavy atom. The Morgan fingerprint density at radius 2 is 2.22 bits per heavy atom. The fourth-order valence-electron chi connectivity index (χ4n) is 2.73. The minimum absolute atomic E-state index is 0.199. The van der Waals surface area contributed by atoms with Gasteiger partial charge in [0.15, 0.2) is 0 Å². The van der Waals surface area contributed by atoms with Crippen LogP contribution in [0.3, 0.4) is 0 Å². The molecule has 1 aromatic carbocycles. The molecule has 1 N–H and O–H groups in total. The molecule has 1 aliphatic rings. The summed E-state index contributed by atoms with van der Waals surface area (Å²) in [5, 5.41) is 6.89. The molecule has 0 saturated carbocycles. The van der Waals surface area contributed by atoms with E-state index in [1.54, 1.807) is 12.1 Å². The van der Waals surface area contributed by atoms with E-state index in [0.29, 0.717) is 23.8 Å². The van der Waals surface area contributed by atoms with E-state index in [0.717, 1.165) is 49.8 Å². The predicted molar refractivity (Wildman–Crippen MR) is 87.9 cm³/mol. The molecule has 1 amide bonds. The number of aromatic nitrogens is 1. The average Bonchev–Trinajstić information content (AvgIpc) is 2.99. The van der Waals surface area contributed by atoms with Crippen LogP contribution in [0.4, 0.5) is 5.88 Å². The molecule has 1 aromatic heterocycles. The van der Waals surface area contributed by atoms with Gasteiger partial charge in [-0.3, -0.25) is 10.1 Å². The standard InChI is InChI=1S/C18H22N2O3/c1-2-3-11-22-14-8-6-7-13(12-14)17(21)19-18-15-9-4-5-10-16(15)20-23-18/h6-8,12H,2-5,9-11H2,1H3,(H,19,21). The number of carbonyl (C=O) groups is 1. The maximum Gasteiger partial charge on any atom is 0.258 e. The van der Waals surface area contributed by atoms with Crippen molar-refractivity contribution in [1.29, 1.82) is 0 Å². The van der Waals surface area contributed by atoms with E-state index in [4.69, 9.17) is 9.26 Å². The first-order valence-electron chi connectivity index (χ1n) is 8.29. The predicted octanol–water partition coefficient (Wildman–Crippen LogP) is 3.98. The normalized spacial score (nSPS) is 13.4. The van der Waals surface area contributed by atoms with Crippen LogP contribution in [0, 0.1) is 0 Å². The highest BCUT2D eigenvalue weighted by atomic mass is 16.5. The number of amides is 1. The molecular formula is C18H22N2O3. The zero-order valence-electron chi connectivity index (χ0n) is 13.4. The molecule has 2 aromatic rings. The van der Waals surface area contributed by atoms with Gasteiger partial charge in [0.25, 0.3) is 5.91 Å². The number of ether oxygens (including phenoxy) is 1. The SMILES string of the molecule is CCCCOc1cccc(C(=O)Nc2onc3c2CCCC3)c1. The zero-order chi connectivity index (χ0) is 16.1. The molecule has 0 saturated heterocycles. The second-order valence-electron chi connectivity index (χ2n) is 5.83. The number of hydrogen-bond acceptors (Lipinski definition) is 4. The van der Waals surface area contributed by atoms with Gasteiger partial charge < -0.3 is 9.26 Å². The van der Waals surface area contributed by atoms with Crippen LogP contribution in [0.2, 0.25) is 0 Å². The van der Waals surface area contributed by atoms with Crippen LogP contribution in [-0.4, -0.2) is 17.7 Å². The highest BCUT2D eigenvalue weighted by Gasteiger charge is 2.21. The first-order valence-corrected chi connectivity index (χ1v) is 8.29. The summed E-state index contributed by atoms with van der Waals surface area (Å²) in [5.74, 6) is 1.00. The van der Waals surface area contributed by atoms with Crippen molar-refractivity contribution in [3.05, 3.63) is 41.1 Å². The summed E-state index contributed by atoms with van der Waals surface area (Å²) in [4.78, 5) is 12.4. The number of rotatable bonds is 6. The number of aryl methyl sites for hydroxylation is 1. The summed E-state index contributed by atoms with van der Waals surface area (Å²) in [6.07, 6.45) is 6.16. The number of anilines is 1. The van der Waals surface area contributed by atoms with Crippen LogP contribution in [-0.2, 0) is 12.8 Å². The number of carbonyl (C=O) groups excluding carboxylic acids is 1. The number of hydrogen-bond donors (Lipinski definition) is 1. The Kier molecular flexibility index (Phi) is 4.95. The first-order chi connectivity index (χ1) is 11.3. The van der Waals surface area contributed by atoms with E-state index >= 15 is 0 Å². The molecule has 0 fully saturated rings. The fraction of sp³-hybridized carbons (Fsp3) is 0.444. The van der Waals surface area contributed by atoms with E-state index in [1.807, 2.05) is 12.1 Å². The van der Waals surface area contributed by atoms with Crippen molar-refractivity contribution < 1.29 is 14.1 Å². The lowest BCUT2D eigenvalue weighted by Crippen LogP contribution is -2.13. The van der Waals surface area contributed by atoms with Crippen LogP contribution in [0.25, 0.3) is 0 Å². The molecule has 3 rings (SSSR count). The van der Waals surface area contributed by atoms with Gasteiger partial charge in [0.1, 0.15) is 5.75 Å². The van der Waals surface area contributed by atoms with E-state index in [9.17, 15) is 4.79 Å². The minimum atomic E-state index is -0.199. The number of unbranched alkanes of at least 4 members (excludes halogenated alkanes) is 1. The van der Waals surface area contributed by atoms with E-state index in [1.165, 1.54) is 0 Å². The highest BCUT2D eigenvalue weighted by Crippen LogP contribution is 2.28. The smallest absolute Gasteiger partial charge is 0.258 e. The maximum atomic E-state index is 12.4. The molecule has 0 radical (unpaired) electrons. The summed E-state index contributed by atoms with van der Waals surface area (Å²) in [5.41, 5.74) is 2.57. The third-order valence-electron chi connectivity index (χ3n) is 4.05. The van der Waals surface area contributed by atoms with E-state index < -0.39 is 0 Å². The molecule has 122 valence electrons. The van der Waals surface area contributed by atoms with Crippen molar-refractivity contribution >= 4 is 11.8 Å². The third-order valence-corrected chi connectivity index (χ3v) is 4.05. The lowest BCUT2D eigenvalue weighted by molar-refractivity contribution is 0.102. The minimum Gasteiger partial charge on any atom is -0.494 e. The summed E-state index contributed by atoms with van der Waals surface area (Å²) < 4.78 is 11.0. The van der Waals surface area contributed by atoms with Crippen molar-refractivity contribution in [2.24, 2.45) is 0 Å². The van der Waals surface area contributed by atoms with E-state index in [2.05, 4.69) is 17.4 Å². The second-order valence-corrected chi connectivity index (χ2v) is 5.83. The van der Waals surface area contributed by atoms with Gasteiger partial charge in [0.2, 0.25) is 5.88 Å². The molecule has 0 atom stereocenters. The van der Waals surface area contributed by atoms with Crippen molar-refractivity contribution in [2.75, 3.05) is 11.9 Å². The monoisotopic (exact) mass is 314 g/mol. The van der Waals surface area contributed by atoms with Gasteiger partial charge in [-0.05, 0) is 50.3 Å². The molecule has 5 nitrogen and oxygen atoms in total. The summed E-state index contributed by atoms with van der Waals surface area (Å²) in [6, 6.07) is 7.22. The number of fused-ring (bicyclic) bond motifs is 1. The summed E-state index contributed by atoms with van der Waals surface area (Å²) in [7, 11) is 0. The summed E-state index contributed by atoms with van der Waals surface area (Å²) >= 11 is 0. The summed E-state index contributed by atoms with van der Waals surface area (Å²) in [6.45, 7) is 2.78. The lowest BCUT2D eigenvalue weighted by atomic mass is 9.97. The molecule has 1 aliphatic carbocycles. The Morgan fingerprint density at radius 1 is 1.35 bits per heavy atom. The van der Waals surface area contributed by atoms with Gasteiger partial charge in [0.05, 0.1) is 12.3 Å². The second kappa shape index (κ2) is 7.31. The number of benzene rings is 1. The first kappa shape index (κ1) is 15.6. The molecule has 1 heterocycles. The Labute approximate surface area is 136 Å². The van der Waals surface area contributed by atoms with Gasteiger partial charge in [-0.2, -0.15) is 0 Å². The molecular weight excluding hydrogens is 292 g/mol. The van der Waals surface area contributed by atoms with Crippen LogP contribution in [0.1, 0.15) is 54.2 Å². The highest BCUT2D eigenvalue weighted by molar-refractivity contribution is 6.04. The van der Waals surface area contributed by atoms with Gasteiger partial charge >= 0.3 is 0 Å². The Hall–Kier alpha value is -2.30. The van der Waals surface area contributed by atoms with Crippen molar-refractivity contribution in [3.63, 3.8) is 0 Å². The molecule has 23 heavy (non-hydrogen) atoms. The maximum absolute atomic E-state index is 12.4. The molecule has 0 unspecified atom stereocenters. The fourth-order valence-corrected chi connectivity index (χ4v) is 2.73. The lowest BCUT2D eigenvalue weighted by Gasteiger charge is -2.10. The van der Waals surface area contributed by atoms with Crippen LogP contribution in [0.15, 0.2) is 28.8 Å².